The van der Waals surface area contributed by atoms with E-state index >= 15 is 0 Å². The molecule has 0 aliphatic carbocycles. The molecule has 0 amide bonds. The molecule has 2 atom stereocenters. The monoisotopic (exact) mass is 440 g/mol. The summed E-state index contributed by atoms with van der Waals surface area (Å²) < 4.78 is 10.5. The molecule has 0 bridgehead atoms. The molecule has 32 heavy (non-hydrogen) atoms. The Balaban J connectivity index is 1.37. The number of rotatable bonds is 8. The zero-order valence-corrected chi connectivity index (χ0v) is 17.9. The van der Waals surface area contributed by atoms with Gasteiger partial charge in [-0.1, -0.05) is 0 Å². The second-order valence-electron chi connectivity index (χ2n) is 7.34. The van der Waals surface area contributed by atoms with E-state index in [4.69, 9.17) is 20.3 Å². The quantitative estimate of drug-likeness (QED) is 0.375. The SMILES string of the molecule is CC1N=C(N)N(CC2N=C(N)NC(NCCc3ccoc3)=N2)C(NCCc2ccco2)=N1. The zero-order valence-electron chi connectivity index (χ0n) is 17.9. The molecule has 4 rings (SSSR count). The summed E-state index contributed by atoms with van der Waals surface area (Å²) in [4.78, 5) is 19.7. The molecule has 0 radical (unpaired) electrons. The molecule has 2 aromatic rings. The molecule has 0 saturated carbocycles. The maximum Gasteiger partial charge on any atom is 0.203 e. The minimum Gasteiger partial charge on any atom is -0.472 e. The van der Waals surface area contributed by atoms with E-state index in [0.717, 1.165) is 17.7 Å². The number of nitrogens with one attached hydrogen (secondary N) is 3. The van der Waals surface area contributed by atoms with Gasteiger partial charge in [0.05, 0.1) is 25.3 Å². The van der Waals surface area contributed by atoms with E-state index in [1.165, 1.54) is 0 Å². The summed E-state index contributed by atoms with van der Waals surface area (Å²) in [6.45, 7) is 3.50. The van der Waals surface area contributed by atoms with Gasteiger partial charge >= 0.3 is 0 Å². The van der Waals surface area contributed by atoms with Crippen LogP contribution in [0, 0.1) is 0 Å². The van der Waals surface area contributed by atoms with Crippen molar-refractivity contribution in [1.82, 2.24) is 20.9 Å². The van der Waals surface area contributed by atoms with Gasteiger partial charge < -0.3 is 30.9 Å². The van der Waals surface area contributed by atoms with Crippen LogP contribution in [-0.2, 0) is 12.8 Å². The molecule has 4 heterocycles. The maximum absolute atomic E-state index is 6.22. The van der Waals surface area contributed by atoms with Crippen molar-refractivity contribution in [3.63, 3.8) is 0 Å². The largest absolute Gasteiger partial charge is 0.472 e. The first-order valence-corrected chi connectivity index (χ1v) is 10.4. The van der Waals surface area contributed by atoms with Crippen LogP contribution in [0.3, 0.4) is 0 Å². The fourth-order valence-electron chi connectivity index (χ4n) is 3.34. The van der Waals surface area contributed by atoms with Crippen molar-refractivity contribution >= 4 is 23.8 Å². The number of guanidine groups is 4. The average Bonchev–Trinajstić information content (AvgIpc) is 3.44. The van der Waals surface area contributed by atoms with E-state index in [9.17, 15) is 0 Å². The van der Waals surface area contributed by atoms with E-state index < -0.39 is 6.17 Å². The number of nitrogens with two attached hydrogens (primary N) is 2. The first-order chi connectivity index (χ1) is 15.6. The Morgan fingerprint density at radius 3 is 2.72 bits per heavy atom. The fraction of sp³-hybridized carbons (Fsp3) is 0.400. The molecule has 12 heteroatoms. The second kappa shape index (κ2) is 9.90. The lowest BCUT2D eigenvalue weighted by Crippen LogP contribution is -2.55. The third kappa shape index (κ3) is 5.59. The maximum atomic E-state index is 6.22. The van der Waals surface area contributed by atoms with Gasteiger partial charge in [-0.25, -0.2) is 20.0 Å². The van der Waals surface area contributed by atoms with Crippen molar-refractivity contribution in [2.75, 3.05) is 19.6 Å². The Morgan fingerprint density at radius 2 is 1.94 bits per heavy atom. The standard InChI is InChI=1S/C20H28N10O2/c1-13-25-18(22)30(20(26-13)24-8-5-15-3-2-9-32-15)11-16-27-17(21)29-19(28-16)23-7-4-14-6-10-31-12-14/h2-3,6,9-10,12-13,16H,4-5,7-8,11H2,1H3,(H2,22,25)(H,24,26)(H4,21,23,27,28,29). The molecular weight excluding hydrogens is 412 g/mol. The lowest BCUT2D eigenvalue weighted by molar-refractivity contribution is 0.474. The van der Waals surface area contributed by atoms with Crippen molar-refractivity contribution in [3.8, 4) is 0 Å². The summed E-state index contributed by atoms with van der Waals surface area (Å²) in [5.41, 5.74) is 13.3. The Morgan fingerprint density at radius 1 is 1.06 bits per heavy atom. The summed E-state index contributed by atoms with van der Waals surface area (Å²) in [5.74, 6) is 2.69. The van der Waals surface area contributed by atoms with Crippen LogP contribution < -0.4 is 27.4 Å². The molecule has 2 aliphatic rings. The van der Waals surface area contributed by atoms with Gasteiger partial charge in [-0.05, 0) is 37.1 Å². The Bertz CT molecular complexity index is 994. The third-order valence-electron chi connectivity index (χ3n) is 4.84. The molecule has 0 spiro atoms. The molecule has 12 nitrogen and oxygen atoms in total. The third-order valence-corrected chi connectivity index (χ3v) is 4.84. The van der Waals surface area contributed by atoms with Crippen LogP contribution in [0.15, 0.2) is 65.8 Å². The van der Waals surface area contributed by atoms with Crippen LogP contribution >= 0.6 is 0 Å². The van der Waals surface area contributed by atoms with Crippen molar-refractivity contribution in [3.05, 3.63) is 48.3 Å². The highest BCUT2D eigenvalue weighted by Gasteiger charge is 2.26. The normalized spacial score (nSPS) is 20.6. The number of hydrogen-bond acceptors (Lipinski definition) is 12. The van der Waals surface area contributed by atoms with Crippen LogP contribution in [0.4, 0.5) is 0 Å². The average molecular weight is 441 g/mol. The summed E-state index contributed by atoms with van der Waals surface area (Å²) in [6.07, 6.45) is 5.78. The second-order valence-corrected chi connectivity index (χ2v) is 7.34. The van der Waals surface area contributed by atoms with Crippen LogP contribution in [0.1, 0.15) is 18.2 Å². The molecule has 2 unspecified atom stereocenters. The van der Waals surface area contributed by atoms with E-state index in [-0.39, 0.29) is 12.1 Å². The van der Waals surface area contributed by atoms with E-state index in [2.05, 4.69) is 35.9 Å². The fourth-order valence-corrected chi connectivity index (χ4v) is 3.34. The molecule has 0 saturated heterocycles. The van der Waals surface area contributed by atoms with E-state index in [1.54, 1.807) is 23.7 Å². The van der Waals surface area contributed by atoms with Gasteiger partial charge in [0, 0.05) is 19.5 Å². The molecule has 0 fully saturated rings. The van der Waals surface area contributed by atoms with Gasteiger partial charge in [-0.15, -0.1) is 0 Å². The van der Waals surface area contributed by atoms with Gasteiger partial charge in [0.15, 0.2) is 24.0 Å². The minimum atomic E-state index is -0.480. The number of nitrogens with zero attached hydrogens (tertiary/aromatic N) is 5. The molecule has 2 aliphatic heterocycles. The highest BCUT2D eigenvalue weighted by molar-refractivity contribution is 6.01. The number of aliphatic imine (C=N–C) groups is 4. The topological polar surface area (TPSA) is 167 Å². The minimum absolute atomic E-state index is 0.275. The van der Waals surface area contributed by atoms with Crippen LogP contribution in [0.5, 0.6) is 0 Å². The van der Waals surface area contributed by atoms with Crippen molar-refractivity contribution in [2.45, 2.75) is 32.1 Å². The van der Waals surface area contributed by atoms with Gasteiger partial charge in [0.1, 0.15) is 11.9 Å². The number of hydrogen-bond donors (Lipinski definition) is 5. The summed E-state index contributed by atoms with van der Waals surface area (Å²) in [5, 5.41) is 9.51. The first-order valence-electron chi connectivity index (χ1n) is 10.4. The highest BCUT2D eigenvalue weighted by Crippen LogP contribution is 2.09. The van der Waals surface area contributed by atoms with Crippen molar-refractivity contribution < 1.29 is 8.83 Å². The highest BCUT2D eigenvalue weighted by atomic mass is 16.3. The van der Waals surface area contributed by atoms with Gasteiger partial charge in [0.25, 0.3) is 0 Å². The Kier molecular flexibility index (Phi) is 6.58. The van der Waals surface area contributed by atoms with Crippen molar-refractivity contribution in [1.29, 1.82) is 0 Å². The lowest BCUT2D eigenvalue weighted by atomic mass is 10.2. The van der Waals surface area contributed by atoms with Gasteiger partial charge in [0.2, 0.25) is 5.96 Å². The Labute approximate surface area is 185 Å². The van der Waals surface area contributed by atoms with E-state index in [1.807, 2.05) is 25.1 Å². The van der Waals surface area contributed by atoms with Gasteiger partial charge in [-0.3, -0.25) is 10.2 Å². The zero-order chi connectivity index (χ0) is 22.3. The number of furan rings is 2. The van der Waals surface area contributed by atoms with E-state index in [0.29, 0.717) is 43.9 Å². The molecular formula is C20H28N10O2. The summed E-state index contributed by atoms with van der Waals surface area (Å²) in [6, 6.07) is 5.73. The first kappa shape index (κ1) is 21.3. The van der Waals surface area contributed by atoms with Crippen LogP contribution in [0.25, 0.3) is 0 Å². The summed E-state index contributed by atoms with van der Waals surface area (Å²) >= 11 is 0. The predicted molar refractivity (Wildman–Crippen MR) is 122 cm³/mol. The lowest BCUT2D eigenvalue weighted by Gasteiger charge is -2.31. The summed E-state index contributed by atoms with van der Waals surface area (Å²) in [7, 11) is 0. The molecule has 2 aromatic heterocycles. The molecule has 7 N–H and O–H groups in total. The Hall–Kier alpha value is -3.96. The molecule has 170 valence electrons. The van der Waals surface area contributed by atoms with Crippen LogP contribution in [-0.4, -0.2) is 60.7 Å². The van der Waals surface area contributed by atoms with Crippen molar-refractivity contribution in [2.24, 2.45) is 31.4 Å². The predicted octanol–water partition coefficient (Wildman–Crippen LogP) is -0.231. The molecule has 0 aromatic carbocycles. The smallest absolute Gasteiger partial charge is 0.203 e. The van der Waals surface area contributed by atoms with Gasteiger partial charge in [-0.2, -0.15) is 0 Å². The van der Waals surface area contributed by atoms with Crippen LogP contribution in [0.2, 0.25) is 0 Å².